The number of nitro benzene ring substituents is 1. The van der Waals surface area contributed by atoms with E-state index in [4.69, 9.17) is 11.6 Å². The van der Waals surface area contributed by atoms with E-state index in [2.05, 4.69) is 21.2 Å². The Balaban J connectivity index is 2.33. The molecule has 2 aromatic carbocycles. The number of anilines is 1. The van der Waals surface area contributed by atoms with Crippen LogP contribution in [-0.4, -0.2) is 10.8 Å². The highest BCUT2D eigenvalue weighted by atomic mass is 79.9. The Kier molecular flexibility index (Phi) is 4.59. The lowest BCUT2D eigenvalue weighted by Gasteiger charge is -2.07. The molecule has 0 saturated heterocycles. The lowest BCUT2D eigenvalue weighted by atomic mass is 10.1. The van der Waals surface area contributed by atoms with E-state index in [1.807, 2.05) is 13.0 Å². The second kappa shape index (κ2) is 6.24. The van der Waals surface area contributed by atoms with Gasteiger partial charge < -0.3 is 5.32 Å². The summed E-state index contributed by atoms with van der Waals surface area (Å²) in [5, 5.41) is 13.8. The Hall–Kier alpha value is -1.92. The van der Waals surface area contributed by atoms with Crippen LogP contribution >= 0.6 is 27.5 Å². The highest BCUT2D eigenvalue weighted by Gasteiger charge is 2.17. The molecule has 7 heteroatoms. The van der Waals surface area contributed by atoms with E-state index < -0.39 is 10.8 Å². The van der Waals surface area contributed by atoms with Crippen molar-refractivity contribution in [2.45, 2.75) is 6.92 Å². The largest absolute Gasteiger partial charge is 0.316 e. The van der Waals surface area contributed by atoms with Crippen molar-refractivity contribution in [1.29, 1.82) is 0 Å². The smallest absolute Gasteiger partial charge is 0.294 e. The number of amides is 1. The molecule has 0 aliphatic rings. The van der Waals surface area contributed by atoms with Gasteiger partial charge in [-0.25, -0.2) is 0 Å². The van der Waals surface area contributed by atoms with E-state index in [-0.39, 0.29) is 16.4 Å². The van der Waals surface area contributed by atoms with Crippen molar-refractivity contribution in [1.82, 2.24) is 0 Å². The van der Waals surface area contributed by atoms with Crippen molar-refractivity contribution in [3.8, 4) is 0 Å². The van der Waals surface area contributed by atoms with E-state index in [0.717, 1.165) is 10.0 Å². The van der Waals surface area contributed by atoms with Gasteiger partial charge in [0, 0.05) is 21.1 Å². The first kappa shape index (κ1) is 15.5. The third-order valence-corrected chi connectivity index (χ3v) is 3.40. The molecule has 0 unspecified atom stereocenters. The van der Waals surface area contributed by atoms with Gasteiger partial charge in [0.2, 0.25) is 0 Å². The van der Waals surface area contributed by atoms with Crippen LogP contribution in [0.4, 0.5) is 11.4 Å². The van der Waals surface area contributed by atoms with Crippen LogP contribution in [0, 0.1) is 17.0 Å². The molecule has 0 fully saturated rings. The summed E-state index contributed by atoms with van der Waals surface area (Å²) in [6.45, 7) is 1.85. The minimum absolute atomic E-state index is 0.104. The summed E-state index contributed by atoms with van der Waals surface area (Å²) in [6, 6.07) is 9.29. The molecule has 108 valence electrons. The second-order valence-electron chi connectivity index (χ2n) is 4.39. The second-order valence-corrected chi connectivity index (χ2v) is 5.74. The van der Waals surface area contributed by atoms with Gasteiger partial charge in [0.15, 0.2) is 0 Å². The Morgan fingerprint density at radius 1 is 1.29 bits per heavy atom. The van der Waals surface area contributed by atoms with Crippen LogP contribution in [0.3, 0.4) is 0 Å². The molecular weight excluding hydrogens is 360 g/mol. The lowest BCUT2D eigenvalue weighted by molar-refractivity contribution is -0.383. The zero-order valence-corrected chi connectivity index (χ0v) is 13.2. The Labute approximate surface area is 134 Å². The molecule has 0 heterocycles. The first-order valence-corrected chi connectivity index (χ1v) is 7.06. The van der Waals surface area contributed by atoms with Crippen molar-refractivity contribution < 1.29 is 9.72 Å². The topological polar surface area (TPSA) is 72.2 Å². The third kappa shape index (κ3) is 3.80. The molecule has 2 rings (SSSR count). The van der Waals surface area contributed by atoms with E-state index in [1.165, 1.54) is 18.2 Å². The van der Waals surface area contributed by atoms with Crippen molar-refractivity contribution in [3.05, 3.63) is 67.1 Å². The molecule has 0 saturated carbocycles. The molecule has 0 aromatic heterocycles. The van der Waals surface area contributed by atoms with Gasteiger partial charge in [-0.1, -0.05) is 27.5 Å². The third-order valence-electron chi connectivity index (χ3n) is 2.71. The first-order chi connectivity index (χ1) is 9.86. The number of hydrogen-bond donors (Lipinski definition) is 1. The van der Waals surface area contributed by atoms with E-state index in [1.54, 1.807) is 12.1 Å². The summed E-state index contributed by atoms with van der Waals surface area (Å²) in [5.74, 6) is -0.426. The van der Waals surface area contributed by atoms with Crippen LogP contribution in [0.25, 0.3) is 0 Å². The van der Waals surface area contributed by atoms with Crippen molar-refractivity contribution in [2.75, 3.05) is 5.32 Å². The standard InChI is InChI=1S/C14H10BrClN2O3/c1-8-4-9(6-10(15)5-8)14(19)17-12-3-2-11(16)7-13(12)18(20)21/h2-7H,1H3,(H,17,19). The molecule has 2 aromatic rings. The molecule has 0 radical (unpaired) electrons. The molecule has 0 bridgehead atoms. The normalized spacial score (nSPS) is 10.2. The number of nitro groups is 1. The Bertz CT molecular complexity index is 714. The number of carbonyl (C=O) groups is 1. The summed E-state index contributed by atoms with van der Waals surface area (Å²) >= 11 is 9.04. The number of rotatable bonds is 3. The van der Waals surface area contributed by atoms with Crippen LogP contribution in [0.1, 0.15) is 15.9 Å². The number of nitrogens with one attached hydrogen (secondary N) is 1. The molecule has 1 amide bonds. The Morgan fingerprint density at radius 3 is 2.62 bits per heavy atom. The van der Waals surface area contributed by atoms with Crippen molar-refractivity contribution in [2.24, 2.45) is 0 Å². The number of carbonyl (C=O) groups excluding carboxylic acids is 1. The number of nitrogens with zero attached hydrogens (tertiary/aromatic N) is 1. The van der Waals surface area contributed by atoms with E-state index in [9.17, 15) is 14.9 Å². The SMILES string of the molecule is Cc1cc(Br)cc(C(=O)Nc2ccc(Cl)cc2[N+](=O)[O-])c1. The van der Waals surface area contributed by atoms with E-state index >= 15 is 0 Å². The van der Waals surface area contributed by atoms with Gasteiger partial charge in [-0.3, -0.25) is 14.9 Å². The molecule has 1 N–H and O–H groups in total. The van der Waals surface area contributed by atoms with Gasteiger partial charge in [-0.05, 0) is 42.8 Å². The Morgan fingerprint density at radius 2 is 2.00 bits per heavy atom. The average molecular weight is 370 g/mol. The van der Waals surface area contributed by atoms with Gasteiger partial charge in [0.05, 0.1) is 4.92 Å². The van der Waals surface area contributed by atoms with Crippen molar-refractivity contribution >= 4 is 44.8 Å². The van der Waals surface area contributed by atoms with Gasteiger partial charge >= 0.3 is 0 Å². The van der Waals surface area contributed by atoms with Crippen LogP contribution < -0.4 is 5.32 Å². The fourth-order valence-electron chi connectivity index (χ4n) is 1.82. The molecule has 0 spiro atoms. The summed E-state index contributed by atoms with van der Waals surface area (Å²) in [7, 11) is 0. The van der Waals surface area contributed by atoms with Gasteiger partial charge in [-0.15, -0.1) is 0 Å². The quantitative estimate of drug-likeness (QED) is 0.636. The zero-order chi connectivity index (χ0) is 15.6. The average Bonchev–Trinajstić information content (AvgIpc) is 2.39. The summed E-state index contributed by atoms with van der Waals surface area (Å²) < 4.78 is 0.762. The molecule has 21 heavy (non-hydrogen) atoms. The fourth-order valence-corrected chi connectivity index (χ4v) is 2.60. The van der Waals surface area contributed by atoms with Gasteiger partial charge in [0.1, 0.15) is 5.69 Å². The molecule has 0 aliphatic heterocycles. The molecule has 5 nitrogen and oxygen atoms in total. The number of halogens is 2. The zero-order valence-electron chi connectivity index (χ0n) is 10.9. The van der Waals surface area contributed by atoms with Crippen LogP contribution in [0.15, 0.2) is 40.9 Å². The van der Waals surface area contributed by atoms with Gasteiger partial charge in [-0.2, -0.15) is 0 Å². The minimum Gasteiger partial charge on any atom is -0.316 e. The number of benzene rings is 2. The van der Waals surface area contributed by atoms with Gasteiger partial charge in [0.25, 0.3) is 11.6 Å². The van der Waals surface area contributed by atoms with Crippen LogP contribution in [0.2, 0.25) is 5.02 Å². The molecular formula is C14H10BrClN2O3. The maximum atomic E-state index is 12.2. The lowest BCUT2D eigenvalue weighted by Crippen LogP contribution is -2.13. The highest BCUT2D eigenvalue weighted by molar-refractivity contribution is 9.10. The fraction of sp³-hybridized carbons (Fsp3) is 0.0714. The van der Waals surface area contributed by atoms with Crippen LogP contribution in [-0.2, 0) is 0 Å². The van der Waals surface area contributed by atoms with E-state index in [0.29, 0.717) is 5.56 Å². The predicted molar refractivity (Wildman–Crippen MR) is 84.9 cm³/mol. The summed E-state index contributed by atoms with van der Waals surface area (Å²) in [4.78, 5) is 22.6. The molecule has 0 aliphatic carbocycles. The predicted octanol–water partition coefficient (Wildman–Crippen LogP) is 4.57. The maximum Gasteiger partial charge on any atom is 0.294 e. The summed E-state index contributed by atoms with van der Waals surface area (Å²) in [5.41, 5.74) is 1.17. The van der Waals surface area contributed by atoms with Crippen molar-refractivity contribution in [3.63, 3.8) is 0 Å². The number of aryl methyl sites for hydroxylation is 1. The van der Waals surface area contributed by atoms with Crippen LogP contribution in [0.5, 0.6) is 0 Å². The summed E-state index contributed by atoms with van der Waals surface area (Å²) in [6.07, 6.45) is 0. The maximum absolute atomic E-state index is 12.2. The minimum atomic E-state index is -0.590. The first-order valence-electron chi connectivity index (χ1n) is 5.89. The molecule has 0 atom stereocenters. The number of hydrogen-bond acceptors (Lipinski definition) is 3. The monoisotopic (exact) mass is 368 g/mol. The highest BCUT2D eigenvalue weighted by Crippen LogP contribution is 2.28.